The fourth-order valence-corrected chi connectivity index (χ4v) is 3.32. The fraction of sp³-hybridized carbons (Fsp3) is 0.250. The van der Waals surface area contributed by atoms with E-state index < -0.39 is 0 Å². The number of pyridine rings is 2. The van der Waals surface area contributed by atoms with Crippen LogP contribution >= 0.6 is 0 Å². The standard InChI is InChI=1S/C20H19N3O2/c24-20(23-12-8-16(13-23)15-5-9-21-10-6-15)14-25-19-7-11-22-18-4-2-1-3-17(18)19/h1-7,9-11,16H,8,12-14H2. The minimum absolute atomic E-state index is 0.0254. The van der Waals surface area contributed by atoms with Crippen molar-refractivity contribution >= 4 is 16.8 Å². The average Bonchev–Trinajstić information content (AvgIpc) is 3.17. The number of likely N-dealkylation sites (tertiary alicyclic amines) is 1. The monoisotopic (exact) mass is 333 g/mol. The molecule has 2 aromatic heterocycles. The van der Waals surface area contributed by atoms with Gasteiger partial charge in [-0.1, -0.05) is 12.1 Å². The number of ether oxygens (including phenoxy) is 1. The second-order valence-corrected chi connectivity index (χ2v) is 6.22. The molecular weight excluding hydrogens is 314 g/mol. The van der Waals surface area contributed by atoms with Gasteiger partial charge in [0.05, 0.1) is 5.52 Å². The molecule has 1 aliphatic rings. The molecule has 0 bridgehead atoms. The number of hydrogen-bond acceptors (Lipinski definition) is 4. The van der Waals surface area contributed by atoms with E-state index in [-0.39, 0.29) is 12.5 Å². The first kappa shape index (κ1) is 15.6. The van der Waals surface area contributed by atoms with Crippen molar-refractivity contribution in [3.8, 4) is 5.75 Å². The molecule has 1 amide bonds. The number of amides is 1. The Morgan fingerprint density at radius 2 is 1.96 bits per heavy atom. The van der Waals surface area contributed by atoms with Crippen molar-refractivity contribution in [2.75, 3.05) is 19.7 Å². The van der Waals surface area contributed by atoms with E-state index in [1.54, 1.807) is 24.7 Å². The lowest BCUT2D eigenvalue weighted by atomic mass is 10.00. The lowest BCUT2D eigenvalue weighted by Gasteiger charge is -2.17. The number of rotatable bonds is 4. The smallest absolute Gasteiger partial charge is 0.260 e. The molecule has 0 radical (unpaired) electrons. The van der Waals surface area contributed by atoms with Gasteiger partial charge < -0.3 is 9.64 Å². The molecule has 25 heavy (non-hydrogen) atoms. The Labute approximate surface area is 146 Å². The second-order valence-electron chi connectivity index (χ2n) is 6.22. The summed E-state index contributed by atoms with van der Waals surface area (Å²) in [6.45, 7) is 1.56. The van der Waals surface area contributed by atoms with Gasteiger partial charge in [-0.15, -0.1) is 0 Å². The molecule has 4 rings (SSSR count). The molecule has 1 aliphatic heterocycles. The summed E-state index contributed by atoms with van der Waals surface area (Å²) in [4.78, 5) is 22.8. The van der Waals surface area contributed by atoms with Crippen molar-refractivity contribution in [2.24, 2.45) is 0 Å². The molecule has 3 aromatic rings. The maximum atomic E-state index is 12.5. The third-order valence-corrected chi connectivity index (χ3v) is 4.68. The molecule has 1 aromatic carbocycles. The molecule has 1 unspecified atom stereocenters. The first-order valence-corrected chi connectivity index (χ1v) is 8.45. The predicted octanol–water partition coefficient (Wildman–Crippen LogP) is 3.02. The lowest BCUT2D eigenvalue weighted by Crippen LogP contribution is -2.32. The highest BCUT2D eigenvalue weighted by atomic mass is 16.5. The van der Waals surface area contributed by atoms with E-state index in [0.717, 1.165) is 30.4 Å². The van der Waals surface area contributed by atoms with Gasteiger partial charge in [0, 0.05) is 43.0 Å². The molecule has 1 fully saturated rings. The number of benzene rings is 1. The Kier molecular flexibility index (Phi) is 4.29. The maximum absolute atomic E-state index is 12.5. The number of aromatic nitrogens is 2. The topological polar surface area (TPSA) is 55.3 Å². The van der Waals surface area contributed by atoms with Crippen LogP contribution in [-0.4, -0.2) is 40.5 Å². The first-order valence-electron chi connectivity index (χ1n) is 8.45. The largest absolute Gasteiger partial charge is 0.483 e. The van der Waals surface area contributed by atoms with Crippen LogP contribution in [0.2, 0.25) is 0 Å². The van der Waals surface area contributed by atoms with Gasteiger partial charge in [-0.25, -0.2) is 0 Å². The summed E-state index contributed by atoms with van der Waals surface area (Å²) in [5, 5.41) is 0.925. The third kappa shape index (κ3) is 3.31. The Balaban J connectivity index is 1.39. The van der Waals surface area contributed by atoms with Crippen LogP contribution in [0.1, 0.15) is 17.9 Å². The fourth-order valence-electron chi connectivity index (χ4n) is 3.32. The molecule has 5 nitrogen and oxygen atoms in total. The van der Waals surface area contributed by atoms with E-state index in [0.29, 0.717) is 11.7 Å². The zero-order valence-corrected chi connectivity index (χ0v) is 13.8. The highest BCUT2D eigenvalue weighted by Crippen LogP contribution is 2.27. The minimum Gasteiger partial charge on any atom is -0.483 e. The molecule has 126 valence electrons. The van der Waals surface area contributed by atoms with Crippen molar-refractivity contribution in [3.05, 3.63) is 66.6 Å². The number of fused-ring (bicyclic) bond motifs is 1. The van der Waals surface area contributed by atoms with Crippen LogP contribution in [0.25, 0.3) is 10.9 Å². The third-order valence-electron chi connectivity index (χ3n) is 4.68. The minimum atomic E-state index is 0.0254. The van der Waals surface area contributed by atoms with Crippen molar-refractivity contribution in [1.82, 2.24) is 14.9 Å². The van der Waals surface area contributed by atoms with Gasteiger partial charge in [0.1, 0.15) is 5.75 Å². The SMILES string of the molecule is O=C(COc1ccnc2ccccc12)N1CCC(c2ccncc2)C1. The van der Waals surface area contributed by atoms with Crippen LogP contribution in [0.15, 0.2) is 61.1 Å². The van der Waals surface area contributed by atoms with E-state index in [4.69, 9.17) is 4.74 Å². The van der Waals surface area contributed by atoms with Crippen LogP contribution in [0, 0.1) is 0 Å². The van der Waals surface area contributed by atoms with Crippen molar-refractivity contribution in [1.29, 1.82) is 0 Å². The van der Waals surface area contributed by atoms with Gasteiger partial charge in [0.2, 0.25) is 0 Å². The summed E-state index contributed by atoms with van der Waals surface area (Å²) in [6.07, 6.45) is 6.29. The molecular formula is C20H19N3O2. The summed E-state index contributed by atoms with van der Waals surface area (Å²) in [5.74, 6) is 1.11. The molecule has 1 saturated heterocycles. The zero-order chi connectivity index (χ0) is 17.1. The lowest BCUT2D eigenvalue weighted by molar-refractivity contribution is -0.132. The van der Waals surface area contributed by atoms with Crippen molar-refractivity contribution in [3.63, 3.8) is 0 Å². The van der Waals surface area contributed by atoms with E-state index in [1.807, 2.05) is 41.3 Å². The summed E-state index contributed by atoms with van der Waals surface area (Å²) >= 11 is 0. The van der Waals surface area contributed by atoms with Gasteiger partial charge in [-0.3, -0.25) is 14.8 Å². The zero-order valence-electron chi connectivity index (χ0n) is 13.8. The van der Waals surface area contributed by atoms with Crippen LogP contribution in [0.3, 0.4) is 0 Å². The first-order chi connectivity index (χ1) is 12.3. The Morgan fingerprint density at radius 1 is 1.12 bits per heavy atom. The van der Waals surface area contributed by atoms with Crippen molar-refractivity contribution in [2.45, 2.75) is 12.3 Å². The molecule has 1 atom stereocenters. The molecule has 0 spiro atoms. The van der Waals surface area contributed by atoms with Gasteiger partial charge in [0.25, 0.3) is 5.91 Å². The molecule has 0 saturated carbocycles. The summed E-state index contributed by atoms with van der Waals surface area (Å²) < 4.78 is 5.79. The van der Waals surface area contributed by atoms with Crippen LogP contribution in [-0.2, 0) is 4.79 Å². The summed E-state index contributed by atoms with van der Waals surface area (Å²) in [7, 11) is 0. The molecule has 5 heteroatoms. The number of carbonyl (C=O) groups excluding carboxylic acids is 1. The molecule has 0 aliphatic carbocycles. The molecule has 3 heterocycles. The van der Waals surface area contributed by atoms with Gasteiger partial charge in [0.15, 0.2) is 6.61 Å². The van der Waals surface area contributed by atoms with E-state index >= 15 is 0 Å². The number of para-hydroxylation sites is 1. The predicted molar refractivity (Wildman–Crippen MR) is 95.4 cm³/mol. The van der Waals surface area contributed by atoms with Crippen LogP contribution in [0.4, 0.5) is 0 Å². The Hall–Kier alpha value is -2.95. The quantitative estimate of drug-likeness (QED) is 0.736. The average molecular weight is 333 g/mol. The van der Waals surface area contributed by atoms with E-state index in [2.05, 4.69) is 9.97 Å². The Morgan fingerprint density at radius 3 is 2.84 bits per heavy atom. The van der Waals surface area contributed by atoms with Gasteiger partial charge >= 0.3 is 0 Å². The van der Waals surface area contributed by atoms with Gasteiger partial charge in [-0.2, -0.15) is 0 Å². The van der Waals surface area contributed by atoms with Gasteiger partial charge in [-0.05, 0) is 42.3 Å². The number of nitrogens with zero attached hydrogens (tertiary/aromatic N) is 3. The normalized spacial score (nSPS) is 17.0. The second kappa shape index (κ2) is 6.89. The summed E-state index contributed by atoms with van der Waals surface area (Å²) in [5.41, 5.74) is 2.11. The van der Waals surface area contributed by atoms with Crippen molar-refractivity contribution < 1.29 is 9.53 Å². The van der Waals surface area contributed by atoms with E-state index in [1.165, 1.54) is 5.56 Å². The highest BCUT2D eigenvalue weighted by molar-refractivity contribution is 5.85. The van der Waals surface area contributed by atoms with E-state index in [9.17, 15) is 4.79 Å². The Bertz CT molecular complexity index is 877. The number of hydrogen-bond donors (Lipinski definition) is 0. The number of carbonyl (C=O) groups is 1. The van der Waals surface area contributed by atoms with Crippen LogP contribution in [0.5, 0.6) is 5.75 Å². The summed E-state index contributed by atoms with van der Waals surface area (Å²) in [6, 6.07) is 13.6. The van der Waals surface area contributed by atoms with Crippen LogP contribution < -0.4 is 4.74 Å². The highest BCUT2D eigenvalue weighted by Gasteiger charge is 2.27. The molecule has 0 N–H and O–H groups in total. The maximum Gasteiger partial charge on any atom is 0.260 e.